The van der Waals surface area contributed by atoms with Gasteiger partial charge in [-0.05, 0) is 44.8 Å². The van der Waals surface area contributed by atoms with Gasteiger partial charge in [-0.25, -0.2) is 0 Å². The van der Waals surface area contributed by atoms with Crippen molar-refractivity contribution < 1.29 is 0 Å². The summed E-state index contributed by atoms with van der Waals surface area (Å²) >= 11 is 0. The molecule has 20 heavy (non-hydrogen) atoms. The second-order valence-electron chi connectivity index (χ2n) is 5.95. The van der Waals surface area contributed by atoms with Crippen LogP contribution in [-0.2, 0) is 0 Å². The lowest BCUT2D eigenvalue weighted by Crippen LogP contribution is -2.50. The molecule has 0 bridgehead atoms. The lowest BCUT2D eigenvalue weighted by Gasteiger charge is -2.44. The van der Waals surface area contributed by atoms with Gasteiger partial charge >= 0.3 is 0 Å². The van der Waals surface area contributed by atoms with E-state index in [0.29, 0.717) is 12.1 Å². The number of piperidine rings is 1. The van der Waals surface area contributed by atoms with Crippen molar-refractivity contribution in [1.29, 1.82) is 0 Å². The lowest BCUT2D eigenvalue weighted by molar-refractivity contribution is 0.0682. The largest absolute Gasteiger partial charge is 0.312 e. The van der Waals surface area contributed by atoms with Crippen LogP contribution in [0.3, 0.4) is 0 Å². The van der Waals surface area contributed by atoms with Crippen molar-refractivity contribution in [2.45, 2.75) is 64.1 Å². The highest BCUT2D eigenvalue weighted by molar-refractivity contribution is 5.20. The van der Waals surface area contributed by atoms with Crippen molar-refractivity contribution >= 4 is 0 Å². The summed E-state index contributed by atoms with van der Waals surface area (Å²) in [7, 11) is 2.10. The standard InChI is InChI=1S/C18H30N2/c1-4-16-13-9-10-14-20(16)17(5-2)18(19-3)15-11-7-6-8-12-15/h6-8,11-12,16-19H,4-5,9-10,13-14H2,1-3H3. The Morgan fingerprint density at radius 2 is 1.95 bits per heavy atom. The molecule has 1 fully saturated rings. The van der Waals surface area contributed by atoms with E-state index in [-0.39, 0.29) is 0 Å². The minimum Gasteiger partial charge on any atom is -0.312 e. The molecule has 112 valence electrons. The summed E-state index contributed by atoms with van der Waals surface area (Å²) in [5.74, 6) is 0. The molecule has 0 radical (unpaired) electrons. The van der Waals surface area contributed by atoms with Gasteiger partial charge in [-0.3, -0.25) is 4.90 Å². The Balaban J connectivity index is 2.20. The first-order valence-corrected chi connectivity index (χ1v) is 8.29. The molecule has 1 aliphatic heterocycles. The molecule has 1 saturated heterocycles. The fourth-order valence-corrected chi connectivity index (χ4v) is 3.80. The van der Waals surface area contributed by atoms with Crippen molar-refractivity contribution in [3.63, 3.8) is 0 Å². The molecule has 3 atom stereocenters. The van der Waals surface area contributed by atoms with Crippen molar-refractivity contribution in [2.24, 2.45) is 0 Å². The van der Waals surface area contributed by atoms with Gasteiger partial charge in [-0.1, -0.05) is 50.6 Å². The van der Waals surface area contributed by atoms with E-state index >= 15 is 0 Å². The van der Waals surface area contributed by atoms with Crippen molar-refractivity contribution in [3.8, 4) is 0 Å². The third-order valence-corrected chi connectivity index (χ3v) is 4.84. The summed E-state index contributed by atoms with van der Waals surface area (Å²) in [4.78, 5) is 2.78. The smallest absolute Gasteiger partial charge is 0.0475 e. The molecule has 1 aromatic carbocycles. The maximum absolute atomic E-state index is 3.57. The van der Waals surface area contributed by atoms with Crippen molar-refractivity contribution in [1.82, 2.24) is 10.2 Å². The van der Waals surface area contributed by atoms with Crippen LogP contribution >= 0.6 is 0 Å². The zero-order valence-electron chi connectivity index (χ0n) is 13.3. The molecule has 1 N–H and O–H groups in total. The molecular weight excluding hydrogens is 244 g/mol. The number of hydrogen-bond acceptors (Lipinski definition) is 2. The molecule has 2 rings (SSSR count). The monoisotopic (exact) mass is 274 g/mol. The number of hydrogen-bond donors (Lipinski definition) is 1. The van der Waals surface area contributed by atoms with Crippen LogP contribution in [0.1, 0.15) is 57.6 Å². The number of rotatable bonds is 6. The topological polar surface area (TPSA) is 15.3 Å². The number of likely N-dealkylation sites (N-methyl/N-ethyl adjacent to an activating group) is 1. The molecule has 0 saturated carbocycles. The predicted molar refractivity (Wildman–Crippen MR) is 87.0 cm³/mol. The van der Waals surface area contributed by atoms with Crippen molar-refractivity contribution in [2.75, 3.05) is 13.6 Å². The molecule has 2 nitrogen and oxygen atoms in total. The van der Waals surface area contributed by atoms with Gasteiger partial charge in [-0.15, -0.1) is 0 Å². The number of nitrogens with zero attached hydrogens (tertiary/aromatic N) is 1. The van der Waals surface area contributed by atoms with Crippen LogP contribution in [0.5, 0.6) is 0 Å². The van der Waals surface area contributed by atoms with Crippen LogP contribution in [0.25, 0.3) is 0 Å². The fourth-order valence-electron chi connectivity index (χ4n) is 3.80. The van der Waals surface area contributed by atoms with Gasteiger partial charge in [0.1, 0.15) is 0 Å². The van der Waals surface area contributed by atoms with E-state index in [0.717, 1.165) is 6.04 Å². The molecule has 0 aliphatic carbocycles. The SMILES string of the molecule is CCC1CCCCN1C(CC)C(NC)c1ccccc1. The van der Waals surface area contributed by atoms with Crippen LogP contribution in [0.4, 0.5) is 0 Å². The molecule has 0 amide bonds. The van der Waals surface area contributed by atoms with Gasteiger partial charge in [0.15, 0.2) is 0 Å². The van der Waals surface area contributed by atoms with Crippen LogP contribution < -0.4 is 5.32 Å². The zero-order chi connectivity index (χ0) is 14.4. The van der Waals surface area contributed by atoms with Gasteiger partial charge in [0.05, 0.1) is 0 Å². The van der Waals surface area contributed by atoms with Gasteiger partial charge in [0, 0.05) is 18.1 Å². The number of benzene rings is 1. The molecular formula is C18H30N2. The predicted octanol–water partition coefficient (Wildman–Crippen LogP) is 3.99. The van der Waals surface area contributed by atoms with E-state index in [1.165, 1.54) is 44.2 Å². The average Bonchev–Trinajstić information content (AvgIpc) is 2.53. The molecule has 1 aromatic rings. The minimum atomic E-state index is 0.438. The number of likely N-dealkylation sites (tertiary alicyclic amines) is 1. The average molecular weight is 274 g/mol. The first-order chi connectivity index (χ1) is 9.81. The van der Waals surface area contributed by atoms with Crippen LogP contribution in [0.15, 0.2) is 30.3 Å². The summed E-state index contributed by atoms with van der Waals surface area (Å²) < 4.78 is 0. The van der Waals surface area contributed by atoms with Crippen LogP contribution in [0, 0.1) is 0 Å². The third kappa shape index (κ3) is 3.42. The zero-order valence-corrected chi connectivity index (χ0v) is 13.3. The Kier molecular flexibility index (Phi) is 6.06. The minimum absolute atomic E-state index is 0.438. The maximum atomic E-state index is 3.57. The quantitative estimate of drug-likeness (QED) is 0.844. The highest BCUT2D eigenvalue weighted by Gasteiger charge is 2.31. The van der Waals surface area contributed by atoms with Gasteiger partial charge in [0.2, 0.25) is 0 Å². The first kappa shape index (κ1) is 15.5. The second-order valence-corrected chi connectivity index (χ2v) is 5.95. The van der Waals surface area contributed by atoms with E-state index in [9.17, 15) is 0 Å². The van der Waals surface area contributed by atoms with E-state index in [1.807, 2.05) is 0 Å². The van der Waals surface area contributed by atoms with Gasteiger partial charge in [0.25, 0.3) is 0 Å². The van der Waals surface area contributed by atoms with E-state index < -0.39 is 0 Å². The first-order valence-electron chi connectivity index (χ1n) is 8.29. The lowest BCUT2D eigenvalue weighted by atomic mass is 9.90. The Morgan fingerprint density at radius 3 is 2.55 bits per heavy atom. The Hall–Kier alpha value is -0.860. The van der Waals surface area contributed by atoms with Crippen LogP contribution in [0.2, 0.25) is 0 Å². The second kappa shape index (κ2) is 7.80. The molecule has 3 unspecified atom stereocenters. The van der Waals surface area contributed by atoms with E-state index in [1.54, 1.807) is 0 Å². The maximum Gasteiger partial charge on any atom is 0.0475 e. The van der Waals surface area contributed by atoms with Crippen LogP contribution in [-0.4, -0.2) is 30.6 Å². The Bertz CT molecular complexity index is 376. The summed E-state index contributed by atoms with van der Waals surface area (Å²) in [5.41, 5.74) is 1.42. The highest BCUT2D eigenvalue weighted by Crippen LogP contribution is 2.30. The summed E-state index contributed by atoms with van der Waals surface area (Å²) in [5, 5.41) is 3.57. The Morgan fingerprint density at radius 1 is 1.20 bits per heavy atom. The highest BCUT2D eigenvalue weighted by atomic mass is 15.2. The summed E-state index contributed by atoms with van der Waals surface area (Å²) in [6, 6.07) is 12.7. The fraction of sp³-hybridized carbons (Fsp3) is 0.667. The van der Waals surface area contributed by atoms with Crippen molar-refractivity contribution in [3.05, 3.63) is 35.9 Å². The van der Waals surface area contributed by atoms with Gasteiger partial charge in [-0.2, -0.15) is 0 Å². The molecule has 1 aliphatic rings. The summed E-state index contributed by atoms with van der Waals surface area (Å²) in [6.45, 7) is 5.94. The molecule has 1 heterocycles. The Labute approximate surface area is 124 Å². The molecule has 2 heteroatoms. The van der Waals surface area contributed by atoms with E-state index in [2.05, 4.69) is 61.4 Å². The normalized spacial score (nSPS) is 23.4. The number of nitrogens with one attached hydrogen (secondary N) is 1. The van der Waals surface area contributed by atoms with E-state index in [4.69, 9.17) is 0 Å². The van der Waals surface area contributed by atoms with Gasteiger partial charge < -0.3 is 5.32 Å². The third-order valence-electron chi connectivity index (χ3n) is 4.84. The molecule has 0 spiro atoms. The molecule has 0 aromatic heterocycles. The summed E-state index contributed by atoms with van der Waals surface area (Å²) in [6.07, 6.45) is 6.62.